The average Bonchev–Trinajstić information content (AvgIpc) is 2.86. The molecule has 3 N–H and O–H groups in total. The van der Waals surface area contributed by atoms with Gasteiger partial charge in [0.05, 0.1) is 0 Å². The maximum atomic E-state index is 11.9. The Balaban J connectivity index is 1.56. The van der Waals surface area contributed by atoms with Crippen molar-refractivity contribution in [3.8, 4) is 0 Å². The van der Waals surface area contributed by atoms with Gasteiger partial charge in [-0.25, -0.2) is 0 Å². The third-order valence-electron chi connectivity index (χ3n) is 3.48. The van der Waals surface area contributed by atoms with E-state index in [4.69, 9.17) is 5.73 Å². The first kappa shape index (κ1) is 14.4. The molecule has 0 unspecified atom stereocenters. The van der Waals surface area contributed by atoms with Gasteiger partial charge in [-0.2, -0.15) is 0 Å². The highest BCUT2D eigenvalue weighted by molar-refractivity contribution is 7.99. The van der Waals surface area contributed by atoms with Gasteiger partial charge in [-0.15, -0.1) is 11.8 Å². The van der Waals surface area contributed by atoms with E-state index in [1.165, 1.54) is 4.90 Å². The van der Waals surface area contributed by atoms with Crippen LogP contribution in [0.15, 0.2) is 35.2 Å². The lowest BCUT2D eigenvalue weighted by Crippen LogP contribution is -2.31. The molecule has 1 aromatic carbocycles. The van der Waals surface area contributed by atoms with Crippen molar-refractivity contribution in [3.63, 3.8) is 0 Å². The molecule has 1 amide bonds. The molecule has 1 aromatic rings. The van der Waals surface area contributed by atoms with E-state index >= 15 is 0 Å². The van der Waals surface area contributed by atoms with Crippen molar-refractivity contribution in [2.24, 2.45) is 11.7 Å². The minimum Gasteiger partial charge on any atom is -0.356 e. The molecule has 1 saturated carbocycles. The largest absolute Gasteiger partial charge is 0.356 e. The topological polar surface area (TPSA) is 55.1 Å². The van der Waals surface area contributed by atoms with E-state index in [0.717, 1.165) is 38.0 Å². The van der Waals surface area contributed by atoms with E-state index in [9.17, 15) is 4.79 Å². The third kappa shape index (κ3) is 4.88. The Morgan fingerprint density at radius 3 is 2.79 bits per heavy atom. The molecule has 0 bridgehead atoms. The number of hydrogen-bond acceptors (Lipinski definition) is 3. The number of nitrogens with two attached hydrogens (primary N) is 1. The van der Waals surface area contributed by atoms with E-state index < -0.39 is 0 Å². The van der Waals surface area contributed by atoms with Crippen LogP contribution in [0.3, 0.4) is 0 Å². The Morgan fingerprint density at radius 2 is 2.11 bits per heavy atom. The molecule has 1 aliphatic carbocycles. The van der Waals surface area contributed by atoms with Crippen molar-refractivity contribution in [1.29, 1.82) is 0 Å². The zero-order valence-corrected chi connectivity index (χ0v) is 12.0. The Labute approximate surface area is 119 Å². The summed E-state index contributed by atoms with van der Waals surface area (Å²) in [5, 5.41) is 3.02. The fourth-order valence-corrected chi connectivity index (χ4v) is 3.26. The molecule has 2 rings (SSSR count). The van der Waals surface area contributed by atoms with Crippen molar-refractivity contribution in [2.75, 3.05) is 12.3 Å². The second-order valence-electron chi connectivity index (χ2n) is 5.08. The van der Waals surface area contributed by atoms with Gasteiger partial charge in [0.2, 0.25) is 5.91 Å². The summed E-state index contributed by atoms with van der Waals surface area (Å²) in [5.74, 6) is 1.38. The lowest BCUT2D eigenvalue weighted by molar-refractivity contribution is -0.124. The zero-order chi connectivity index (χ0) is 13.5. The third-order valence-corrected chi connectivity index (χ3v) is 4.57. The van der Waals surface area contributed by atoms with Crippen molar-refractivity contribution < 1.29 is 4.79 Å². The first-order valence-electron chi connectivity index (χ1n) is 6.97. The van der Waals surface area contributed by atoms with Gasteiger partial charge in [0.15, 0.2) is 0 Å². The molecule has 0 aromatic heterocycles. The normalized spacial score (nSPS) is 22.4. The van der Waals surface area contributed by atoms with Gasteiger partial charge in [-0.05, 0) is 43.6 Å². The predicted molar refractivity (Wildman–Crippen MR) is 80.1 cm³/mol. The molecule has 0 spiro atoms. The maximum absolute atomic E-state index is 11.9. The monoisotopic (exact) mass is 278 g/mol. The van der Waals surface area contributed by atoms with Crippen molar-refractivity contribution in [3.05, 3.63) is 30.3 Å². The highest BCUT2D eigenvalue weighted by Gasteiger charge is 2.27. The highest BCUT2D eigenvalue weighted by atomic mass is 32.2. The zero-order valence-electron chi connectivity index (χ0n) is 11.2. The van der Waals surface area contributed by atoms with Crippen LogP contribution in [0, 0.1) is 5.92 Å². The first-order valence-corrected chi connectivity index (χ1v) is 7.95. The van der Waals surface area contributed by atoms with Gasteiger partial charge < -0.3 is 11.1 Å². The average molecular weight is 278 g/mol. The van der Waals surface area contributed by atoms with Crippen LogP contribution in [-0.4, -0.2) is 24.2 Å². The number of carbonyl (C=O) groups excluding carboxylic acids is 1. The van der Waals surface area contributed by atoms with Crippen LogP contribution in [0.2, 0.25) is 0 Å². The molecule has 0 aliphatic heterocycles. The molecular weight excluding hydrogens is 256 g/mol. The number of carbonyl (C=O) groups is 1. The van der Waals surface area contributed by atoms with Gasteiger partial charge in [-0.1, -0.05) is 18.2 Å². The minimum atomic E-state index is 0.150. The molecule has 3 nitrogen and oxygen atoms in total. The summed E-state index contributed by atoms with van der Waals surface area (Å²) in [4.78, 5) is 13.1. The van der Waals surface area contributed by atoms with E-state index in [-0.39, 0.29) is 17.9 Å². The molecular formula is C15H22N2OS. The molecule has 0 radical (unpaired) electrons. The molecule has 1 aliphatic rings. The lowest BCUT2D eigenvalue weighted by Gasteiger charge is -2.10. The molecule has 0 saturated heterocycles. The SMILES string of the molecule is N[C@H]1CC[C@@H](C(=O)NCCCSc2ccccc2)C1. The second kappa shape index (κ2) is 7.56. The van der Waals surface area contributed by atoms with Crippen LogP contribution in [-0.2, 0) is 4.79 Å². The number of nitrogens with one attached hydrogen (secondary N) is 1. The summed E-state index contributed by atoms with van der Waals surface area (Å²) >= 11 is 1.83. The summed E-state index contributed by atoms with van der Waals surface area (Å²) in [6, 6.07) is 10.6. The first-order chi connectivity index (χ1) is 9.25. The van der Waals surface area contributed by atoms with Crippen LogP contribution in [0.4, 0.5) is 0 Å². The Hall–Kier alpha value is -1.00. The van der Waals surface area contributed by atoms with Gasteiger partial charge in [-0.3, -0.25) is 4.79 Å². The van der Waals surface area contributed by atoms with Crippen LogP contribution in [0.1, 0.15) is 25.7 Å². The van der Waals surface area contributed by atoms with E-state index in [1.54, 1.807) is 0 Å². The van der Waals surface area contributed by atoms with Gasteiger partial charge >= 0.3 is 0 Å². The maximum Gasteiger partial charge on any atom is 0.223 e. The fraction of sp³-hybridized carbons (Fsp3) is 0.533. The summed E-state index contributed by atoms with van der Waals surface area (Å²) < 4.78 is 0. The number of rotatable bonds is 6. The number of amides is 1. The summed E-state index contributed by atoms with van der Waals surface area (Å²) in [7, 11) is 0. The van der Waals surface area contributed by atoms with E-state index in [2.05, 4.69) is 17.4 Å². The van der Waals surface area contributed by atoms with Crippen molar-refractivity contribution >= 4 is 17.7 Å². The molecule has 104 valence electrons. The Bertz CT molecular complexity index is 396. The molecule has 0 heterocycles. The van der Waals surface area contributed by atoms with Crippen LogP contribution in [0.25, 0.3) is 0 Å². The molecule has 2 atom stereocenters. The molecule has 19 heavy (non-hydrogen) atoms. The summed E-state index contributed by atoms with van der Waals surface area (Å²) in [6.45, 7) is 0.768. The Morgan fingerprint density at radius 1 is 1.32 bits per heavy atom. The standard InChI is InChI=1S/C15H22N2OS/c16-13-8-7-12(11-13)15(18)17-9-4-10-19-14-5-2-1-3-6-14/h1-3,5-6,12-13H,4,7-11,16H2,(H,17,18)/t12-,13+/m1/s1. The van der Waals surface area contributed by atoms with Crippen LogP contribution in [0.5, 0.6) is 0 Å². The smallest absolute Gasteiger partial charge is 0.223 e. The number of hydrogen-bond donors (Lipinski definition) is 2. The van der Waals surface area contributed by atoms with E-state index in [1.807, 2.05) is 30.0 Å². The van der Waals surface area contributed by atoms with Crippen molar-refractivity contribution in [1.82, 2.24) is 5.32 Å². The predicted octanol–water partition coefficient (Wildman–Crippen LogP) is 2.41. The summed E-state index contributed by atoms with van der Waals surface area (Å²) in [5.41, 5.74) is 5.82. The lowest BCUT2D eigenvalue weighted by atomic mass is 10.1. The van der Waals surface area contributed by atoms with Gasteiger partial charge in [0.1, 0.15) is 0 Å². The quantitative estimate of drug-likeness (QED) is 0.620. The highest BCUT2D eigenvalue weighted by Crippen LogP contribution is 2.24. The van der Waals surface area contributed by atoms with Crippen molar-refractivity contribution in [2.45, 2.75) is 36.6 Å². The van der Waals surface area contributed by atoms with Crippen LogP contribution >= 0.6 is 11.8 Å². The molecule has 1 fully saturated rings. The Kier molecular flexibility index (Phi) is 5.73. The number of thioether (sulfide) groups is 1. The van der Waals surface area contributed by atoms with Crippen LogP contribution < -0.4 is 11.1 Å². The second-order valence-corrected chi connectivity index (χ2v) is 6.24. The van der Waals surface area contributed by atoms with E-state index in [0.29, 0.717) is 0 Å². The molecule has 4 heteroatoms. The minimum absolute atomic E-state index is 0.150. The summed E-state index contributed by atoms with van der Waals surface area (Å²) in [6.07, 6.45) is 3.79. The number of benzene rings is 1. The van der Waals surface area contributed by atoms with Gasteiger partial charge in [0, 0.05) is 23.4 Å². The fourth-order valence-electron chi connectivity index (χ4n) is 2.39. The van der Waals surface area contributed by atoms with Gasteiger partial charge in [0.25, 0.3) is 0 Å².